The molecule has 2 rings (SSSR count). The zero-order chi connectivity index (χ0) is 19.2. The Morgan fingerprint density at radius 3 is 2.77 bits per heavy atom. The van der Waals surface area contributed by atoms with Gasteiger partial charge in [0.05, 0.1) is 0 Å². The Morgan fingerprint density at radius 1 is 1.35 bits per heavy atom. The second kappa shape index (κ2) is 9.31. The summed E-state index contributed by atoms with van der Waals surface area (Å²) in [5, 5.41) is 10.8. The zero-order valence-electron chi connectivity index (χ0n) is 16.3. The summed E-state index contributed by atoms with van der Waals surface area (Å²) in [6.07, 6.45) is 12.5. The Balaban J connectivity index is 2.02. The quantitative estimate of drug-likeness (QED) is 0.618. The lowest BCUT2D eigenvalue weighted by Crippen LogP contribution is -2.49. The van der Waals surface area contributed by atoms with E-state index >= 15 is 0 Å². The molecule has 0 spiro atoms. The van der Waals surface area contributed by atoms with Crippen molar-refractivity contribution in [3.05, 3.63) is 35.1 Å². The van der Waals surface area contributed by atoms with Crippen LogP contribution in [0.4, 0.5) is 0 Å². The van der Waals surface area contributed by atoms with Gasteiger partial charge in [-0.25, -0.2) is 0 Å². The Morgan fingerprint density at radius 2 is 2.08 bits per heavy atom. The van der Waals surface area contributed by atoms with Gasteiger partial charge < -0.3 is 9.84 Å². The average molecular weight is 360 g/mol. The van der Waals surface area contributed by atoms with Crippen molar-refractivity contribution in [3.8, 4) is 0 Å². The Labute approximate surface area is 157 Å². The van der Waals surface area contributed by atoms with E-state index in [9.17, 15) is 14.7 Å². The number of carbonyl (C=O) groups excluding carboxylic acids is 2. The van der Waals surface area contributed by atoms with E-state index in [1.54, 1.807) is 6.92 Å². The molecule has 0 fully saturated rings. The van der Waals surface area contributed by atoms with Crippen molar-refractivity contribution in [2.45, 2.75) is 77.7 Å². The molecule has 0 aromatic heterocycles. The number of allylic oxidation sites excluding steroid dienone is 4. The van der Waals surface area contributed by atoms with Gasteiger partial charge in [0.15, 0.2) is 5.78 Å². The van der Waals surface area contributed by atoms with Crippen LogP contribution in [0.25, 0.3) is 0 Å². The maximum Gasteiger partial charge on any atom is 0.194 e. The second-order valence-electron chi connectivity index (χ2n) is 7.62. The Kier molecular flexibility index (Phi) is 7.39. The van der Waals surface area contributed by atoms with Crippen molar-refractivity contribution < 1.29 is 19.4 Å². The van der Waals surface area contributed by atoms with Crippen LogP contribution in [0.15, 0.2) is 35.1 Å². The van der Waals surface area contributed by atoms with Crippen LogP contribution >= 0.6 is 0 Å². The van der Waals surface area contributed by atoms with Gasteiger partial charge in [-0.3, -0.25) is 9.59 Å². The summed E-state index contributed by atoms with van der Waals surface area (Å²) >= 11 is 0. The molecular formula is C22H32O4. The molecule has 2 aliphatic rings. The summed E-state index contributed by atoms with van der Waals surface area (Å²) in [6, 6.07) is 0. The highest BCUT2D eigenvalue weighted by atomic mass is 16.5. The van der Waals surface area contributed by atoms with Gasteiger partial charge in [-0.15, -0.1) is 0 Å². The molecule has 1 N–H and O–H groups in total. The minimum absolute atomic E-state index is 0.147. The van der Waals surface area contributed by atoms with Gasteiger partial charge in [0, 0.05) is 24.3 Å². The van der Waals surface area contributed by atoms with Crippen LogP contribution in [0.5, 0.6) is 0 Å². The second-order valence-corrected chi connectivity index (χ2v) is 7.62. The number of unbranched alkanes of at least 4 members (excludes halogenated alkanes) is 4. The zero-order valence-corrected chi connectivity index (χ0v) is 16.3. The van der Waals surface area contributed by atoms with Gasteiger partial charge in [0.2, 0.25) is 0 Å². The number of ketones is 2. The van der Waals surface area contributed by atoms with Crippen molar-refractivity contribution in [3.63, 3.8) is 0 Å². The lowest BCUT2D eigenvalue weighted by molar-refractivity contribution is -0.141. The number of ether oxygens (including phenoxy) is 1. The fraction of sp³-hybridized carbons (Fsp3) is 0.636. The van der Waals surface area contributed by atoms with Crippen LogP contribution in [0.1, 0.15) is 72.1 Å². The third kappa shape index (κ3) is 4.94. The molecular weight excluding hydrogens is 328 g/mol. The monoisotopic (exact) mass is 360 g/mol. The molecule has 1 aliphatic carbocycles. The molecule has 0 saturated carbocycles. The minimum Gasteiger partial charge on any atom is -0.489 e. The van der Waals surface area contributed by atoms with Gasteiger partial charge in [0.1, 0.15) is 23.8 Å². The summed E-state index contributed by atoms with van der Waals surface area (Å²) in [4.78, 5) is 25.1. The molecule has 2 atom stereocenters. The van der Waals surface area contributed by atoms with Gasteiger partial charge in [-0.1, -0.05) is 38.7 Å². The van der Waals surface area contributed by atoms with Crippen LogP contribution in [0, 0.1) is 5.92 Å². The Hall–Kier alpha value is -1.68. The van der Waals surface area contributed by atoms with Crippen LogP contribution < -0.4 is 0 Å². The highest BCUT2D eigenvalue weighted by Crippen LogP contribution is 2.40. The summed E-state index contributed by atoms with van der Waals surface area (Å²) in [5.74, 6) is 0.211. The topological polar surface area (TPSA) is 63.6 Å². The van der Waals surface area contributed by atoms with Crippen molar-refractivity contribution >= 4 is 11.6 Å². The van der Waals surface area contributed by atoms with E-state index in [2.05, 4.69) is 6.92 Å². The maximum absolute atomic E-state index is 12.7. The molecule has 1 heterocycles. The fourth-order valence-electron chi connectivity index (χ4n) is 3.73. The minimum atomic E-state index is -1.49. The standard InChI is InChI=1S/C22H32O4/c1-4-6-7-8-9-11-18(23)14-17-12-16-13-19(10-5-2)26-15-20(16)21(24)22(17,3)25/h5,10,13,17,25H,4,6-9,11-12,14-15H2,1-3H3. The number of rotatable bonds is 9. The lowest BCUT2D eigenvalue weighted by atomic mass is 9.70. The third-order valence-electron chi connectivity index (χ3n) is 5.45. The number of aliphatic hydroxyl groups is 1. The van der Waals surface area contributed by atoms with E-state index in [1.165, 1.54) is 12.8 Å². The van der Waals surface area contributed by atoms with E-state index in [1.807, 2.05) is 25.2 Å². The average Bonchev–Trinajstić information content (AvgIpc) is 2.60. The van der Waals surface area contributed by atoms with Gasteiger partial charge in [-0.05, 0) is 44.4 Å². The van der Waals surface area contributed by atoms with E-state index < -0.39 is 5.60 Å². The first kappa shape index (κ1) is 20.6. The molecule has 0 saturated heterocycles. The van der Waals surface area contributed by atoms with E-state index in [0.717, 1.165) is 30.6 Å². The number of hydrogen-bond donors (Lipinski definition) is 1. The molecule has 4 nitrogen and oxygen atoms in total. The SMILES string of the molecule is CC=CC1=CC2=C(CO1)C(=O)C(C)(O)C(CC(=O)CCCCCCC)C2. The maximum atomic E-state index is 12.7. The molecule has 0 aromatic carbocycles. The van der Waals surface area contributed by atoms with Gasteiger partial charge >= 0.3 is 0 Å². The van der Waals surface area contributed by atoms with Crippen LogP contribution in [-0.2, 0) is 14.3 Å². The summed E-state index contributed by atoms with van der Waals surface area (Å²) < 4.78 is 5.57. The first-order valence-electron chi connectivity index (χ1n) is 9.88. The van der Waals surface area contributed by atoms with Gasteiger partial charge in [0.25, 0.3) is 0 Å². The molecule has 0 aromatic rings. The molecule has 2 unspecified atom stereocenters. The lowest BCUT2D eigenvalue weighted by Gasteiger charge is -2.38. The van der Waals surface area contributed by atoms with E-state index in [0.29, 0.717) is 18.4 Å². The Bertz CT molecular complexity index is 622. The summed E-state index contributed by atoms with van der Waals surface area (Å²) in [5.41, 5.74) is -0.0421. The van der Waals surface area contributed by atoms with E-state index in [4.69, 9.17) is 4.74 Å². The first-order valence-corrected chi connectivity index (χ1v) is 9.88. The highest BCUT2D eigenvalue weighted by Gasteiger charge is 2.46. The highest BCUT2D eigenvalue weighted by molar-refractivity contribution is 6.04. The van der Waals surface area contributed by atoms with Crippen LogP contribution in [0.2, 0.25) is 0 Å². The van der Waals surface area contributed by atoms with Crippen molar-refractivity contribution in [2.75, 3.05) is 6.61 Å². The number of hydrogen-bond acceptors (Lipinski definition) is 4. The van der Waals surface area contributed by atoms with E-state index in [-0.39, 0.29) is 30.5 Å². The molecule has 26 heavy (non-hydrogen) atoms. The predicted molar refractivity (Wildman–Crippen MR) is 103 cm³/mol. The van der Waals surface area contributed by atoms with Crippen molar-refractivity contribution in [1.82, 2.24) is 0 Å². The molecule has 4 heteroatoms. The third-order valence-corrected chi connectivity index (χ3v) is 5.45. The number of Topliss-reactive ketones (excluding diaryl/α,β-unsaturated/α-hetero) is 2. The summed E-state index contributed by atoms with van der Waals surface area (Å²) in [6.45, 7) is 5.82. The summed E-state index contributed by atoms with van der Waals surface area (Å²) in [7, 11) is 0. The van der Waals surface area contributed by atoms with Gasteiger partial charge in [-0.2, -0.15) is 0 Å². The fourth-order valence-corrected chi connectivity index (χ4v) is 3.73. The molecule has 0 amide bonds. The smallest absolute Gasteiger partial charge is 0.194 e. The first-order chi connectivity index (χ1) is 12.4. The molecule has 0 radical (unpaired) electrons. The molecule has 1 aliphatic heterocycles. The predicted octanol–water partition coefficient (Wildman–Crippen LogP) is 4.43. The normalized spacial score (nSPS) is 25.9. The van der Waals surface area contributed by atoms with Crippen molar-refractivity contribution in [1.29, 1.82) is 0 Å². The number of carbonyl (C=O) groups is 2. The van der Waals surface area contributed by atoms with Crippen LogP contribution in [0.3, 0.4) is 0 Å². The molecule has 0 bridgehead atoms. The largest absolute Gasteiger partial charge is 0.489 e. The molecule has 144 valence electrons. The van der Waals surface area contributed by atoms with Crippen LogP contribution in [-0.4, -0.2) is 28.9 Å². The van der Waals surface area contributed by atoms with Crippen molar-refractivity contribution in [2.24, 2.45) is 5.92 Å².